The number of nitrogens with zero attached hydrogens (tertiary/aromatic N) is 3. The average molecular weight is 412 g/mol. The second-order valence-corrected chi connectivity index (χ2v) is 7.70. The molecule has 6 heteroatoms. The number of fused-ring (bicyclic) bond motifs is 1. The minimum atomic E-state index is -2.62. The van der Waals surface area contributed by atoms with Gasteiger partial charge in [-0.3, -0.25) is 0 Å². The van der Waals surface area contributed by atoms with Crippen LogP contribution in [0.4, 0.5) is 8.78 Å². The molecule has 0 saturated carbocycles. The molecule has 0 atom stereocenters. The largest absolute Gasteiger partial charge is 0.264 e. The van der Waals surface area contributed by atoms with E-state index in [2.05, 4.69) is 5.10 Å². The summed E-state index contributed by atoms with van der Waals surface area (Å²) in [5.74, 6) is 0. The van der Waals surface area contributed by atoms with Crippen LogP contribution in [0.5, 0.6) is 0 Å². The lowest BCUT2D eigenvalue weighted by atomic mass is 10.0. The van der Waals surface area contributed by atoms with E-state index in [0.717, 1.165) is 22.3 Å². The Morgan fingerprint density at radius 2 is 1.79 bits per heavy atom. The third kappa shape index (κ3) is 3.75. The molecule has 148 valence electrons. The SMILES string of the molecule is Cc1ccc(-c2cc(C(F)F)c3c(C)nn(Cc4cccc(Cl)c4)c3n2)cc1C. The number of benzene rings is 2. The predicted octanol–water partition coefficient (Wildman–Crippen LogP) is 6.66. The molecule has 3 nitrogen and oxygen atoms in total. The Labute approximate surface area is 173 Å². The molecule has 0 radical (unpaired) electrons. The first-order valence-electron chi connectivity index (χ1n) is 9.32. The van der Waals surface area contributed by atoms with Gasteiger partial charge in [-0.2, -0.15) is 5.10 Å². The molecule has 0 aliphatic heterocycles. The summed E-state index contributed by atoms with van der Waals surface area (Å²) in [7, 11) is 0. The normalized spacial score (nSPS) is 11.6. The summed E-state index contributed by atoms with van der Waals surface area (Å²) in [6.07, 6.45) is -2.62. The van der Waals surface area contributed by atoms with E-state index in [9.17, 15) is 8.78 Å². The molecular formula is C23H20ClF2N3. The highest BCUT2D eigenvalue weighted by atomic mass is 35.5. The third-order valence-corrected chi connectivity index (χ3v) is 5.40. The van der Waals surface area contributed by atoms with Gasteiger partial charge in [0.2, 0.25) is 0 Å². The summed E-state index contributed by atoms with van der Waals surface area (Å²) in [6, 6.07) is 14.8. The van der Waals surface area contributed by atoms with Gasteiger partial charge in [0.25, 0.3) is 6.43 Å². The van der Waals surface area contributed by atoms with Gasteiger partial charge in [-0.25, -0.2) is 18.4 Å². The lowest BCUT2D eigenvalue weighted by Crippen LogP contribution is -2.04. The van der Waals surface area contributed by atoms with Gasteiger partial charge in [0.15, 0.2) is 5.65 Å². The van der Waals surface area contributed by atoms with Gasteiger partial charge in [0.1, 0.15) is 0 Å². The van der Waals surface area contributed by atoms with Crippen molar-refractivity contribution in [3.05, 3.63) is 81.5 Å². The van der Waals surface area contributed by atoms with E-state index in [1.54, 1.807) is 17.7 Å². The van der Waals surface area contributed by atoms with Crippen molar-refractivity contribution < 1.29 is 8.78 Å². The van der Waals surface area contributed by atoms with Crippen molar-refractivity contribution >= 4 is 22.6 Å². The van der Waals surface area contributed by atoms with Crippen LogP contribution >= 0.6 is 11.6 Å². The highest BCUT2D eigenvalue weighted by Gasteiger charge is 2.21. The molecule has 29 heavy (non-hydrogen) atoms. The Kier molecular flexibility index (Phi) is 5.09. The Morgan fingerprint density at radius 3 is 2.48 bits per heavy atom. The maximum atomic E-state index is 13.9. The number of aromatic nitrogens is 3. The standard InChI is InChI=1S/C23H20ClF2N3/c1-13-7-8-17(9-14(13)2)20-11-19(22(25)26)21-15(3)28-29(23(21)27-20)12-16-5-4-6-18(24)10-16/h4-11,22H,12H2,1-3H3. The summed E-state index contributed by atoms with van der Waals surface area (Å²) in [6.45, 7) is 6.15. The first-order chi connectivity index (χ1) is 13.8. The highest BCUT2D eigenvalue weighted by molar-refractivity contribution is 6.30. The molecule has 2 aromatic carbocycles. The van der Waals surface area contributed by atoms with Gasteiger partial charge in [0.05, 0.1) is 23.3 Å². The molecular weight excluding hydrogens is 392 g/mol. The van der Waals surface area contributed by atoms with Crippen LogP contribution in [0.1, 0.15) is 34.4 Å². The van der Waals surface area contributed by atoms with Crippen LogP contribution in [0, 0.1) is 20.8 Å². The van der Waals surface area contributed by atoms with Crippen LogP contribution in [0.3, 0.4) is 0 Å². The van der Waals surface area contributed by atoms with Crippen LogP contribution in [0.2, 0.25) is 5.02 Å². The summed E-state index contributed by atoms with van der Waals surface area (Å²) < 4.78 is 29.5. The molecule has 0 unspecified atom stereocenters. The number of hydrogen-bond acceptors (Lipinski definition) is 2. The Hall–Kier alpha value is -2.79. The number of rotatable bonds is 4. The monoisotopic (exact) mass is 411 g/mol. The first kappa shape index (κ1) is 19.5. The summed E-state index contributed by atoms with van der Waals surface area (Å²) in [5.41, 5.74) is 5.44. The molecule has 4 aromatic rings. The van der Waals surface area contributed by atoms with Crippen LogP contribution in [0.15, 0.2) is 48.5 Å². The Balaban J connectivity index is 1.92. The van der Waals surface area contributed by atoms with Crippen LogP contribution < -0.4 is 0 Å². The molecule has 0 N–H and O–H groups in total. The molecule has 0 amide bonds. The summed E-state index contributed by atoms with van der Waals surface area (Å²) >= 11 is 6.09. The second-order valence-electron chi connectivity index (χ2n) is 7.27. The fraction of sp³-hybridized carbons (Fsp3) is 0.217. The quantitative estimate of drug-likeness (QED) is 0.375. The van der Waals surface area contributed by atoms with Crippen molar-refractivity contribution in [3.63, 3.8) is 0 Å². The Bertz CT molecular complexity index is 1210. The third-order valence-electron chi connectivity index (χ3n) is 5.17. The first-order valence-corrected chi connectivity index (χ1v) is 9.69. The summed E-state index contributed by atoms with van der Waals surface area (Å²) in [4.78, 5) is 4.73. The lowest BCUT2D eigenvalue weighted by molar-refractivity contribution is 0.153. The van der Waals surface area contributed by atoms with Crippen molar-refractivity contribution in [2.75, 3.05) is 0 Å². The molecule has 0 bridgehead atoms. The number of pyridine rings is 1. The van der Waals surface area contributed by atoms with Gasteiger partial charge >= 0.3 is 0 Å². The zero-order chi connectivity index (χ0) is 20.7. The van der Waals surface area contributed by atoms with Crippen molar-refractivity contribution in [1.82, 2.24) is 14.8 Å². The number of halogens is 3. The second kappa shape index (κ2) is 7.56. The van der Waals surface area contributed by atoms with Crippen molar-refractivity contribution in [1.29, 1.82) is 0 Å². The van der Waals surface area contributed by atoms with E-state index in [1.165, 1.54) is 6.07 Å². The van der Waals surface area contributed by atoms with Crippen molar-refractivity contribution in [2.45, 2.75) is 33.7 Å². The zero-order valence-electron chi connectivity index (χ0n) is 16.4. The maximum Gasteiger partial charge on any atom is 0.264 e. The van der Waals surface area contributed by atoms with E-state index in [-0.39, 0.29) is 5.56 Å². The maximum absolute atomic E-state index is 13.9. The topological polar surface area (TPSA) is 30.7 Å². The molecule has 2 aromatic heterocycles. The fourth-order valence-electron chi connectivity index (χ4n) is 3.53. The Morgan fingerprint density at radius 1 is 1.00 bits per heavy atom. The predicted molar refractivity (Wildman–Crippen MR) is 113 cm³/mol. The van der Waals surface area contributed by atoms with Crippen LogP contribution in [-0.4, -0.2) is 14.8 Å². The highest BCUT2D eigenvalue weighted by Crippen LogP contribution is 2.33. The average Bonchev–Trinajstić information content (AvgIpc) is 2.98. The number of aryl methyl sites for hydroxylation is 3. The molecule has 0 saturated heterocycles. The van der Waals surface area contributed by atoms with Gasteiger partial charge in [0, 0.05) is 16.1 Å². The molecule has 0 aliphatic carbocycles. The molecule has 0 fully saturated rings. The minimum Gasteiger partial charge on any atom is -0.243 e. The molecule has 0 aliphatic rings. The van der Waals surface area contributed by atoms with E-state index < -0.39 is 6.43 Å². The number of hydrogen-bond donors (Lipinski definition) is 0. The number of alkyl halides is 2. The van der Waals surface area contributed by atoms with E-state index in [4.69, 9.17) is 16.6 Å². The smallest absolute Gasteiger partial charge is 0.243 e. The van der Waals surface area contributed by atoms with Crippen molar-refractivity contribution in [3.8, 4) is 11.3 Å². The zero-order valence-corrected chi connectivity index (χ0v) is 17.1. The van der Waals surface area contributed by atoms with E-state index in [1.807, 2.05) is 50.2 Å². The van der Waals surface area contributed by atoms with E-state index in [0.29, 0.717) is 34.0 Å². The van der Waals surface area contributed by atoms with Crippen LogP contribution in [0.25, 0.3) is 22.3 Å². The van der Waals surface area contributed by atoms with Crippen molar-refractivity contribution in [2.24, 2.45) is 0 Å². The van der Waals surface area contributed by atoms with Crippen LogP contribution in [-0.2, 0) is 6.54 Å². The minimum absolute atomic E-state index is 0.0435. The van der Waals surface area contributed by atoms with Gasteiger partial charge in [-0.15, -0.1) is 0 Å². The fourth-order valence-corrected chi connectivity index (χ4v) is 3.74. The molecule has 2 heterocycles. The summed E-state index contributed by atoms with van der Waals surface area (Å²) in [5, 5.41) is 5.53. The van der Waals surface area contributed by atoms with E-state index >= 15 is 0 Å². The lowest BCUT2D eigenvalue weighted by Gasteiger charge is -2.10. The van der Waals surface area contributed by atoms with Gasteiger partial charge in [-0.05, 0) is 61.7 Å². The van der Waals surface area contributed by atoms with Gasteiger partial charge < -0.3 is 0 Å². The molecule has 0 spiro atoms. The molecule has 4 rings (SSSR count). The van der Waals surface area contributed by atoms with Gasteiger partial charge in [-0.1, -0.05) is 35.9 Å².